The molecule has 4 rings (SSSR count). The van der Waals surface area contributed by atoms with Crippen LogP contribution in [0.3, 0.4) is 0 Å². The summed E-state index contributed by atoms with van der Waals surface area (Å²) in [5.74, 6) is -2.22. The summed E-state index contributed by atoms with van der Waals surface area (Å²) < 4.78 is 1.30. The van der Waals surface area contributed by atoms with Crippen molar-refractivity contribution in [2.75, 3.05) is 16.1 Å². The standard InChI is InChI=1S/C27H25ClN4O3/c1-15-9-16(2)11-22(10-15)30-26(34)27(35)31-32-23-8-6-20(28)13-19(23)14-24(32)25(33)29-21-7-5-17(3)18(4)12-21/h5-14H,1-4H3,(H,29,33)(H,30,34)(H,31,35). The number of aromatic nitrogens is 1. The van der Waals surface area contributed by atoms with Crippen LogP contribution in [0.1, 0.15) is 32.7 Å². The minimum atomic E-state index is -0.920. The lowest BCUT2D eigenvalue weighted by atomic mass is 10.1. The fraction of sp³-hybridized carbons (Fsp3) is 0.148. The lowest BCUT2D eigenvalue weighted by Crippen LogP contribution is -2.36. The Labute approximate surface area is 208 Å². The van der Waals surface area contributed by atoms with E-state index in [1.807, 2.05) is 45.9 Å². The number of aryl methyl sites for hydroxylation is 4. The van der Waals surface area contributed by atoms with Crippen LogP contribution in [0.2, 0.25) is 5.02 Å². The van der Waals surface area contributed by atoms with Gasteiger partial charge in [-0.25, -0.2) is 4.68 Å². The van der Waals surface area contributed by atoms with Crippen molar-refractivity contribution in [3.05, 3.63) is 93.6 Å². The van der Waals surface area contributed by atoms with Gasteiger partial charge in [0, 0.05) is 21.8 Å². The van der Waals surface area contributed by atoms with E-state index >= 15 is 0 Å². The van der Waals surface area contributed by atoms with Crippen molar-refractivity contribution >= 4 is 51.6 Å². The van der Waals surface area contributed by atoms with Gasteiger partial charge >= 0.3 is 11.8 Å². The number of benzene rings is 3. The molecule has 1 aromatic heterocycles. The number of amides is 3. The third-order valence-electron chi connectivity index (χ3n) is 5.66. The van der Waals surface area contributed by atoms with Crippen molar-refractivity contribution in [3.63, 3.8) is 0 Å². The van der Waals surface area contributed by atoms with Gasteiger partial charge in [-0.05, 0) is 98.5 Å². The summed E-state index contributed by atoms with van der Waals surface area (Å²) in [6.07, 6.45) is 0. The van der Waals surface area contributed by atoms with E-state index in [0.29, 0.717) is 27.3 Å². The Kier molecular flexibility index (Phi) is 6.62. The molecule has 0 radical (unpaired) electrons. The molecule has 7 nitrogen and oxygen atoms in total. The van der Waals surface area contributed by atoms with Crippen LogP contribution in [0, 0.1) is 27.7 Å². The maximum Gasteiger partial charge on any atom is 0.328 e. The van der Waals surface area contributed by atoms with Crippen molar-refractivity contribution in [3.8, 4) is 0 Å². The monoisotopic (exact) mass is 488 g/mol. The Balaban J connectivity index is 1.63. The zero-order valence-corrected chi connectivity index (χ0v) is 20.6. The van der Waals surface area contributed by atoms with Crippen molar-refractivity contribution in [2.45, 2.75) is 27.7 Å². The molecule has 1 heterocycles. The number of nitrogens with one attached hydrogen (secondary N) is 3. The first-order valence-electron chi connectivity index (χ1n) is 11.0. The number of carbonyl (C=O) groups excluding carboxylic acids is 3. The summed E-state index contributed by atoms with van der Waals surface area (Å²) in [5.41, 5.74) is 8.40. The van der Waals surface area contributed by atoms with Crippen molar-refractivity contribution in [1.29, 1.82) is 0 Å². The summed E-state index contributed by atoms with van der Waals surface area (Å²) in [5, 5.41) is 6.58. The topological polar surface area (TPSA) is 92.2 Å². The van der Waals surface area contributed by atoms with E-state index in [0.717, 1.165) is 22.3 Å². The third kappa shape index (κ3) is 5.36. The summed E-state index contributed by atoms with van der Waals surface area (Å²) in [4.78, 5) is 38.6. The first-order valence-corrected chi connectivity index (χ1v) is 11.4. The van der Waals surface area contributed by atoms with Gasteiger partial charge in [-0.2, -0.15) is 0 Å². The number of hydrogen-bond donors (Lipinski definition) is 3. The maximum atomic E-state index is 13.2. The normalized spacial score (nSPS) is 10.8. The molecule has 4 aromatic rings. The summed E-state index contributed by atoms with van der Waals surface area (Å²) in [6.45, 7) is 7.75. The highest BCUT2D eigenvalue weighted by Crippen LogP contribution is 2.24. The molecule has 0 aliphatic carbocycles. The second kappa shape index (κ2) is 9.64. The van der Waals surface area contributed by atoms with Crippen LogP contribution in [-0.2, 0) is 9.59 Å². The molecule has 3 N–H and O–H groups in total. The molecule has 0 atom stereocenters. The van der Waals surface area contributed by atoms with Gasteiger partial charge in [0.05, 0.1) is 5.52 Å². The summed E-state index contributed by atoms with van der Waals surface area (Å²) >= 11 is 6.13. The fourth-order valence-corrected chi connectivity index (χ4v) is 4.06. The Morgan fingerprint density at radius 3 is 2.11 bits per heavy atom. The second-order valence-electron chi connectivity index (χ2n) is 8.59. The predicted octanol–water partition coefficient (Wildman–Crippen LogP) is 5.49. The number of anilines is 2. The van der Waals surface area contributed by atoms with Crippen LogP contribution >= 0.6 is 11.6 Å². The molecule has 0 aliphatic heterocycles. The van der Waals surface area contributed by atoms with Gasteiger partial charge in [-0.3, -0.25) is 19.8 Å². The minimum Gasteiger partial charge on any atom is -0.321 e. The number of halogens is 1. The first-order chi connectivity index (χ1) is 16.6. The molecular weight excluding hydrogens is 464 g/mol. The van der Waals surface area contributed by atoms with Gasteiger partial charge in [0.15, 0.2) is 0 Å². The van der Waals surface area contributed by atoms with Crippen molar-refractivity contribution in [2.24, 2.45) is 0 Å². The number of nitrogens with zero attached hydrogens (tertiary/aromatic N) is 1. The van der Waals surface area contributed by atoms with Crippen molar-refractivity contribution < 1.29 is 14.4 Å². The minimum absolute atomic E-state index is 0.146. The van der Waals surface area contributed by atoms with Crippen LogP contribution < -0.4 is 16.1 Å². The number of rotatable bonds is 4. The van der Waals surface area contributed by atoms with Crippen LogP contribution in [0.25, 0.3) is 10.9 Å². The summed E-state index contributed by atoms with van der Waals surface area (Å²) in [6, 6.07) is 17.7. The van der Waals surface area contributed by atoms with Gasteiger partial charge in [-0.15, -0.1) is 0 Å². The molecule has 0 saturated carbocycles. The Bertz CT molecular complexity index is 1470. The molecular formula is C27H25ClN4O3. The average Bonchev–Trinajstić information content (AvgIpc) is 3.13. The van der Waals surface area contributed by atoms with Gasteiger partial charge in [0.2, 0.25) is 0 Å². The molecule has 35 heavy (non-hydrogen) atoms. The lowest BCUT2D eigenvalue weighted by Gasteiger charge is -2.13. The molecule has 0 bridgehead atoms. The van der Waals surface area contributed by atoms with E-state index < -0.39 is 17.7 Å². The molecule has 0 aliphatic rings. The zero-order valence-electron chi connectivity index (χ0n) is 19.8. The van der Waals surface area contributed by atoms with Crippen LogP contribution in [-0.4, -0.2) is 22.4 Å². The molecule has 178 valence electrons. The number of carbonyl (C=O) groups is 3. The molecule has 0 unspecified atom stereocenters. The Morgan fingerprint density at radius 2 is 1.43 bits per heavy atom. The molecule has 8 heteroatoms. The van der Waals surface area contributed by atoms with Crippen LogP contribution in [0.5, 0.6) is 0 Å². The van der Waals surface area contributed by atoms with E-state index in [9.17, 15) is 14.4 Å². The van der Waals surface area contributed by atoms with E-state index in [1.54, 1.807) is 42.5 Å². The lowest BCUT2D eigenvalue weighted by molar-refractivity contribution is -0.133. The van der Waals surface area contributed by atoms with Crippen molar-refractivity contribution in [1.82, 2.24) is 4.68 Å². The maximum absolute atomic E-state index is 13.2. The zero-order chi connectivity index (χ0) is 25.3. The fourth-order valence-electron chi connectivity index (χ4n) is 3.88. The van der Waals surface area contributed by atoms with E-state index in [2.05, 4.69) is 16.1 Å². The predicted molar refractivity (Wildman–Crippen MR) is 140 cm³/mol. The highest BCUT2D eigenvalue weighted by Gasteiger charge is 2.21. The quantitative estimate of drug-likeness (QED) is 0.332. The molecule has 0 spiro atoms. The highest BCUT2D eigenvalue weighted by molar-refractivity contribution is 6.42. The Morgan fingerprint density at radius 1 is 0.714 bits per heavy atom. The number of hydrogen-bond acceptors (Lipinski definition) is 3. The van der Waals surface area contributed by atoms with Gasteiger partial charge < -0.3 is 10.6 Å². The smallest absolute Gasteiger partial charge is 0.321 e. The SMILES string of the molecule is Cc1cc(C)cc(NC(=O)C(=O)Nn2c(C(=O)Nc3ccc(C)c(C)c3)cc3cc(Cl)ccc32)c1. The van der Waals surface area contributed by atoms with Gasteiger partial charge in [-0.1, -0.05) is 23.7 Å². The largest absolute Gasteiger partial charge is 0.328 e. The highest BCUT2D eigenvalue weighted by atomic mass is 35.5. The Hall–Kier alpha value is -4.10. The average molecular weight is 489 g/mol. The van der Waals surface area contributed by atoms with Crippen LogP contribution in [0.15, 0.2) is 60.7 Å². The summed E-state index contributed by atoms with van der Waals surface area (Å²) in [7, 11) is 0. The van der Waals surface area contributed by atoms with E-state index in [4.69, 9.17) is 11.6 Å². The molecule has 3 aromatic carbocycles. The van der Waals surface area contributed by atoms with E-state index in [1.165, 1.54) is 4.68 Å². The van der Waals surface area contributed by atoms with Crippen LogP contribution in [0.4, 0.5) is 11.4 Å². The van der Waals surface area contributed by atoms with Gasteiger partial charge in [0.1, 0.15) is 5.69 Å². The second-order valence-corrected chi connectivity index (χ2v) is 9.03. The number of fused-ring (bicyclic) bond motifs is 1. The molecule has 0 fully saturated rings. The molecule has 0 saturated heterocycles. The third-order valence-corrected chi connectivity index (χ3v) is 5.90. The first kappa shape index (κ1) is 24.0. The molecule has 3 amide bonds. The van der Waals surface area contributed by atoms with Gasteiger partial charge in [0.25, 0.3) is 5.91 Å². The van der Waals surface area contributed by atoms with E-state index in [-0.39, 0.29) is 5.69 Å².